The molecule has 0 aliphatic rings. The van der Waals surface area contributed by atoms with Crippen LogP contribution < -0.4 is 4.74 Å². The average molecular weight is 530 g/mol. The van der Waals surface area contributed by atoms with Gasteiger partial charge < -0.3 is 14.4 Å². The first kappa shape index (κ1) is 23.6. The number of aryl methyl sites for hydroxylation is 2. The number of ether oxygens (including phenoxy) is 1. The molecule has 4 aromatic rings. The maximum atomic E-state index is 14.1. The fourth-order valence-corrected chi connectivity index (χ4v) is 4.12. The Kier molecular flexibility index (Phi) is 6.52. The van der Waals surface area contributed by atoms with Gasteiger partial charge in [-0.3, -0.25) is 0 Å². The minimum absolute atomic E-state index is 0.185. The summed E-state index contributed by atoms with van der Waals surface area (Å²) in [5, 5.41) is 9.54. The minimum Gasteiger partial charge on any atom is -0.488 e. The summed E-state index contributed by atoms with van der Waals surface area (Å²) in [7, 11) is 0. The first-order valence-electron chi connectivity index (χ1n) is 10.2. The van der Waals surface area contributed by atoms with Crippen molar-refractivity contribution >= 4 is 21.9 Å². The summed E-state index contributed by atoms with van der Waals surface area (Å²) in [5.41, 5.74) is 3.23. The van der Waals surface area contributed by atoms with E-state index in [-0.39, 0.29) is 11.1 Å². The van der Waals surface area contributed by atoms with E-state index in [4.69, 9.17) is 4.74 Å². The van der Waals surface area contributed by atoms with Gasteiger partial charge in [0.25, 0.3) is 0 Å². The molecule has 0 radical (unpaired) electrons. The summed E-state index contributed by atoms with van der Waals surface area (Å²) in [6.07, 6.45) is 0. The molecule has 1 aromatic heterocycles. The van der Waals surface area contributed by atoms with Crippen LogP contribution >= 0.6 is 15.9 Å². The van der Waals surface area contributed by atoms with Crippen molar-refractivity contribution in [2.75, 3.05) is 0 Å². The maximum absolute atomic E-state index is 14.1. The Bertz CT molecular complexity index is 1390. The van der Waals surface area contributed by atoms with Gasteiger partial charge in [0.15, 0.2) is 0 Å². The van der Waals surface area contributed by atoms with Gasteiger partial charge in [0.1, 0.15) is 29.8 Å². The molecule has 3 aromatic carbocycles. The Balaban J connectivity index is 1.78. The van der Waals surface area contributed by atoms with Crippen LogP contribution in [0.1, 0.15) is 27.2 Å². The summed E-state index contributed by atoms with van der Waals surface area (Å²) in [5.74, 6) is -3.75. The van der Waals surface area contributed by atoms with Gasteiger partial charge in [0.05, 0.1) is 16.8 Å². The SMILES string of the molecule is Cc1ccc(-n2c(C)ccc2-c2cc(Br)ccc2OCc2c(F)cc(F)cc2F)cc1C(=O)O. The molecule has 0 bridgehead atoms. The first-order chi connectivity index (χ1) is 16.2. The van der Waals surface area contributed by atoms with Crippen LogP contribution in [-0.4, -0.2) is 15.6 Å². The van der Waals surface area contributed by atoms with Crippen molar-refractivity contribution < 1.29 is 27.8 Å². The molecule has 34 heavy (non-hydrogen) atoms. The number of hydrogen-bond acceptors (Lipinski definition) is 2. The molecule has 0 saturated heterocycles. The molecular formula is C26H19BrF3NO3. The number of nitrogens with zero attached hydrogens (tertiary/aromatic N) is 1. The highest BCUT2D eigenvalue weighted by Crippen LogP contribution is 2.36. The van der Waals surface area contributed by atoms with Crippen LogP contribution in [0.25, 0.3) is 16.9 Å². The number of rotatable bonds is 6. The molecule has 0 saturated carbocycles. The second kappa shape index (κ2) is 9.38. The van der Waals surface area contributed by atoms with Crippen LogP contribution in [0.5, 0.6) is 5.75 Å². The van der Waals surface area contributed by atoms with Crippen LogP contribution in [0.3, 0.4) is 0 Å². The lowest BCUT2D eigenvalue weighted by Crippen LogP contribution is -2.06. The molecule has 0 atom stereocenters. The van der Waals surface area contributed by atoms with E-state index in [0.717, 1.165) is 10.2 Å². The molecule has 1 heterocycles. The van der Waals surface area contributed by atoms with Gasteiger partial charge in [-0.1, -0.05) is 22.0 Å². The summed E-state index contributed by atoms with van der Waals surface area (Å²) >= 11 is 3.44. The monoisotopic (exact) mass is 529 g/mol. The molecule has 0 spiro atoms. The molecule has 4 rings (SSSR count). The van der Waals surface area contributed by atoms with Gasteiger partial charge >= 0.3 is 5.97 Å². The molecule has 0 aliphatic heterocycles. The highest BCUT2D eigenvalue weighted by Gasteiger charge is 2.18. The van der Waals surface area contributed by atoms with E-state index >= 15 is 0 Å². The third-order valence-corrected chi connectivity index (χ3v) is 5.97. The van der Waals surface area contributed by atoms with Gasteiger partial charge in [0, 0.05) is 33.6 Å². The van der Waals surface area contributed by atoms with Crippen LogP contribution in [0.4, 0.5) is 13.2 Å². The molecule has 0 aliphatic carbocycles. The number of carboxylic acids is 1. The number of carboxylic acid groups (broad SMARTS) is 1. The lowest BCUT2D eigenvalue weighted by molar-refractivity contribution is 0.0696. The summed E-state index contributed by atoms with van der Waals surface area (Å²) in [6.45, 7) is 3.16. The molecule has 0 unspecified atom stereocenters. The second-order valence-corrected chi connectivity index (χ2v) is 8.69. The highest BCUT2D eigenvalue weighted by atomic mass is 79.9. The Hall–Kier alpha value is -3.52. The van der Waals surface area contributed by atoms with E-state index in [1.54, 1.807) is 37.3 Å². The number of benzene rings is 3. The Morgan fingerprint density at radius 3 is 2.35 bits per heavy atom. The Morgan fingerprint density at radius 2 is 1.68 bits per heavy atom. The average Bonchev–Trinajstić information content (AvgIpc) is 3.15. The van der Waals surface area contributed by atoms with Crippen LogP contribution in [0, 0.1) is 31.3 Å². The zero-order valence-electron chi connectivity index (χ0n) is 18.2. The maximum Gasteiger partial charge on any atom is 0.336 e. The molecular weight excluding hydrogens is 511 g/mol. The topological polar surface area (TPSA) is 51.5 Å². The standard InChI is InChI=1S/C26H19BrF3NO3/c1-14-3-6-18(12-19(14)26(32)33)31-15(2)4-7-24(31)20-9-16(27)5-8-25(20)34-13-21-22(29)10-17(28)11-23(21)30/h3-12H,13H2,1-2H3,(H,32,33). The van der Waals surface area contributed by atoms with Crippen molar-refractivity contribution in [1.29, 1.82) is 0 Å². The molecule has 1 N–H and O–H groups in total. The second-order valence-electron chi connectivity index (χ2n) is 7.78. The smallest absolute Gasteiger partial charge is 0.336 e. The quantitative estimate of drug-likeness (QED) is 0.287. The van der Waals surface area contributed by atoms with Crippen molar-refractivity contribution in [3.63, 3.8) is 0 Å². The van der Waals surface area contributed by atoms with Crippen molar-refractivity contribution in [2.24, 2.45) is 0 Å². The Morgan fingerprint density at radius 1 is 0.971 bits per heavy atom. The minimum atomic E-state index is -1.03. The summed E-state index contributed by atoms with van der Waals surface area (Å²) in [4.78, 5) is 11.7. The number of halogens is 4. The van der Waals surface area contributed by atoms with Crippen LogP contribution in [0.15, 0.2) is 65.1 Å². The summed E-state index contributed by atoms with van der Waals surface area (Å²) in [6, 6.07) is 15.3. The zero-order chi connectivity index (χ0) is 24.6. The highest BCUT2D eigenvalue weighted by molar-refractivity contribution is 9.10. The van der Waals surface area contributed by atoms with E-state index < -0.39 is 30.0 Å². The van der Waals surface area contributed by atoms with Gasteiger partial charge in [-0.05, 0) is 61.9 Å². The number of carbonyl (C=O) groups is 1. The molecule has 0 fully saturated rings. The lowest BCUT2D eigenvalue weighted by Gasteiger charge is -2.17. The third-order valence-electron chi connectivity index (χ3n) is 5.48. The van der Waals surface area contributed by atoms with Crippen molar-refractivity contribution in [2.45, 2.75) is 20.5 Å². The molecule has 8 heteroatoms. The predicted molar refractivity (Wildman–Crippen MR) is 126 cm³/mol. The fourth-order valence-electron chi connectivity index (χ4n) is 3.76. The normalized spacial score (nSPS) is 11.0. The number of aromatic nitrogens is 1. The van der Waals surface area contributed by atoms with E-state index in [9.17, 15) is 23.1 Å². The Labute approximate surface area is 202 Å². The van der Waals surface area contributed by atoms with Crippen molar-refractivity contribution in [1.82, 2.24) is 4.57 Å². The van der Waals surface area contributed by atoms with Crippen molar-refractivity contribution in [3.05, 3.63) is 105 Å². The number of hydrogen-bond donors (Lipinski definition) is 1. The van der Waals surface area contributed by atoms with E-state index in [1.165, 1.54) is 0 Å². The fraction of sp³-hybridized carbons (Fsp3) is 0.115. The van der Waals surface area contributed by atoms with E-state index in [2.05, 4.69) is 15.9 Å². The van der Waals surface area contributed by atoms with Crippen LogP contribution in [0.2, 0.25) is 0 Å². The molecule has 174 valence electrons. The number of aromatic carboxylic acids is 1. The lowest BCUT2D eigenvalue weighted by atomic mass is 10.1. The van der Waals surface area contributed by atoms with Crippen molar-refractivity contribution in [3.8, 4) is 22.7 Å². The van der Waals surface area contributed by atoms with Gasteiger partial charge in [-0.25, -0.2) is 18.0 Å². The van der Waals surface area contributed by atoms with Gasteiger partial charge in [-0.15, -0.1) is 0 Å². The molecule has 0 amide bonds. The molecule has 4 nitrogen and oxygen atoms in total. The predicted octanol–water partition coefficient (Wildman–Crippen LogP) is 7.22. The largest absolute Gasteiger partial charge is 0.488 e. The van der Waals surface area contributed by atoms with E-state index in [0.29, 0.717) is 40.4 Å². The third kappa shape index (κ3) is 4.59. The first-order valence-corrected chi connectivity index (χ1v) is 11.0. The van der Waals surface area contributed by atoms with E-state index in [1.807, 2.05) is 29.7 Å². The zero-order valence-corrected chi connectivity index (χ0v) is 19.8. The van der Waals surface area contributed by atoms with Gasteiger partial charge in [0.2, 0.25) is 0 Å². The van der Waals surface area contributed by atoms with Crippen LogP contribution in [-0.2, 0) is 6.61 Å². The van der Waals surface area contributed by atoms with Gasteiger partial charge in [-0.2, -0.15) is 0 Å². The summed E-state index contributed by atoms with van der Waals surface area (Å²) < 4.78 is 49.9.